The molecule has 4 nitrogen and oxygen atoms in total. The Bertz CT molecular complexity index is 469. The van der Waals surface area contributed by atoms with Crippen molar-refractivity contribution in [1.82, 2.24) is 5.32 Å². The van der Waals surface area contributed by atoms with Crippen LogP contribution in [0.15, 0.2) is 24.3 Å². The van der Waals surface area contributed by atoms with Crippen LogP contribution in [0.5, 0.6) is 5.75 Å². The van der Waals surface area contributed by atoms with Crippen LogP contribution in [0.25, 0.3) is 0 Å². The Kier molecular flexibility index (Phi) is 6.21. The summed E-state index contributed by atoms with van der Waals surface area (Å²) in [5.74, 6) is 0.770. The molecule has 1 atom stereocenters. The number of carbonyl (C=O) groups is 1. The van der Waals surface area contributed by atoms with Crippen molar-refractivity contribution in [3.63, 3.8) is 0 Å². The number of rotatable bonds is 7. The maximum absolute atomic E-state index is 12.0. The lowest BCUT2D eigenvalue weighted by atomic mass is 9.93. The summed E-state index contributed by atoms with van der Waals surface area (Å²) >= 11 is 0. The normalized spacial score (nSPS) is 13.1. The van der Waals surface area contributed by atoms with Gasteiger partial charge in [-0.25, -0.2) is 0 Å². The number of para-hydroxylation sites is 1. The number of methoxy groups -OCH3 is 1. The van der Waals surface area contributed by atoms with Gasteiger partial charge in [-0.2, -0.15) is 0 Å². The minimum Gasteiger partial charge on any atom is -0.496 e. The highest BCUT2D eigenvalue weighted by Gasteiger charge is 2.24. The number of hydrogen-bond donors (Lipinski definition) is 2. The fourth-order valence-electron chi connectivity index (χ4n) is 2.22. The first kappa shape index (κ1) is 17.5. The molecule has 1 aromatic carbocycles. The molecule has 1 aromatic rings. The first-order chi connectivity index (χ1) is 9.75. The van der Waals surface area contributed by atoms with E-state index in [1.807, 2.05) is 52.0 Å². The van der Waals surface area contributed by atoms with Crippen LogP contribution in [0.1, 0.15) is 39.7 Å². The van der Waals surface area contributed by atoms with Crippen molar-refractivity contribution in [1.29, 1.82) is 0 Å². The van der Waals surface area contributed by atoms with Crippen LogP contribution >= 0.6 is 0 Å². The monoisotopic (exact) mass is 293 g/mol. The van der Waals surface area contributed by atoms with Gasteiger partial charge in [0.05, 0.1) is 19.6 Å². The lowest BCUT2D eigenvalue weighted by Crippen LogP contribution is -2.46. The quantitative estimate of drug-likeness (QED) is 0.812. The van der Waals surface area contributed by atoms with E-state index in [0.29, 0.717) is 6.42 Å². The smallest absolute Gasteiger partial charge is 0.223 e. The van der Waals surface area contributed by atoms with Gasteiger partial charge in [0.2, 0.25) is 5.91 Å². The predicted octanol–water partition coefficient (Wildman–Crippen LogP) is 2.54. The van der Waals surface area contributed by atoms with Crippen LogP contribution in [-0.2, 0) is 11.2 Å². The third-order valence-corrected chi connectivity index (χ3v) is 3.47. The molecule has 0 radical (unpaired) electrons. The summed E-state index contributed by atoms with van der Waals surface area (Å²) in [6.45, 7) is 7.74. The van der Waals surface area contributed by atoms with Gasteiger partial charge in [0.25, 0.3) is 0 Å². The van der Waals surface area contributed by atoms with E-state index in [-0.39, 0.29) is 18.2 Å². The minimum atomic E-state index is -0.605. The van der Waals surface area contributed by atoms with Gasteiger partial charge in [0, 0.05) is 5.54 Å². The molecule has 4 heteroatoms. The molecule has 0 heterocycles. The molecule has 21 heavy (non-hydrogen) atoms. The molecule has 0 saturated heterocycles. The van der Waals surface area contributed by atoms with E-state index in [2.05, 4.69) is 5.32 Å². The van der Waals surface area contributed by atoms with Gasteiger partial charge in [-0.05, 0) is 37.8 Å². The van der Waals surface area contributed by atoms with E-state index < -0.39 is 11.6 Å². The predicted molar refractivity (Wildman–Crippen MR) is 84.4 cm³/mol. The minimum absolute atomic E-state index is 0.0769. The molecule has 0 saturated carbocycles. The summed E-state index contributed by atoms with van der Waals surface area (Å²) in [5, 5.41) is 12.8. The Hall–Kier alpha value is -1.55. The maximum Gasteiger partial charge on any atom is 0.223 e. The second-order valence-corrected chi connectivity index (χ2v) is 6.44. The average molecular weight is 293 g/mol. The van der Waals surface area contributed by atoms with Gasteiger partial charge < -0.3 is 15.2 Å². The van der Waals surface area contributed by atoms with E-state index in [4.69, 9.17) is 4.74 Å². The van der Waals surface area contributed by atoms with Gasteiger partial charge >= 0.3 is 0 Å². The third kappa shape index (κ3) is 5.76. The van der Waals surface area contributed by atoms with Crippen LogP contribution in [0.4, 0.5) is 0 Å². The lowest BCUT2D eigenvalue weighted by Gasteiger charge is -2.28. The zero-order chi connectivity index (χ0) is 16.0. The molecule has 118 valence electrons. The lowest BCUT2D eigenvalue weighted by molar-refractivity contribution is -0.125. The molecule has 0 spiro atoms. The highest BCUT2D eigenvalue weighted by Crippen LogP contribution is 2.22. The third-order valence-electron chi connectivity index (χ3n) is 3.47. The number of benzene rings is 1. The Morgan fingerprint density at radius 2 is 1.95 bits per heavy atom. The summed E-state index contributed by atoms with van der Waals surface area (Å²) < 4.78 is 5.34. The molecule has 1 rings (SSSR count). The topological polar surface area (TPSA) is 58.6 Å². The number of ether oxygens (including phenoxy) is 1. The number of nitrogens with one attached hydrogen (secondary N) is 1. The highest BCUT2D eigenvalue weighted by atomic mass is 16.5. The molecule has 0 aliphatic carbocycles. The van der Waals surface area contributed by atoms with Gasteiger partial charge in [-0.3, -0.25) is 4.79 Å². The number of aliphatic hydroxyl groups is 1. The molecule has 1 amide bonds. The van der Waals surface area contributed by atoms with E-state index in [0.717, 1.165) is 11.3 Å². The van der Waals surface area contributed by atoms with Crippen LogP contribution in [0, 0.1) is 5.92 Å². The van der Waals surface area contributed by atoms with Crippen LogP contribution in [0.2, 0.25) is 0 Å². The Labute approximate surface area is 127 Å². The summed E-state index contributed by atoms with van der Waals surface area (Å²) in [6.07, 6.45) is 0.195. The summed E-state index contributed by atoms with van der Waals surface area (Å²) in [4.78, 5) is 12.0. The Morgan fingerprint density at radius 3 is 2.52 bits per heavy atom. The number of carbonyl (C=O) groups excluding carboxylic acids is 1. The van der Waals surface area contributed by atoms with Gasteiger partial charge in [-0.15, -0.1) is 0 Å². The molecule has 0 aliphatic rings. The molecule has 0 fully saturated rings. The zero-order valence-electron chi connectivity index (χ0n) is 13.6. The van der Waals surface area contributed by atoms with Crippen molar-refractivity contribution >= 4 is 5.91 Å². The SMILES string of the molecule is COc1ccccc1CC(C)(C)NC(=O)CC(O)C(C)C. The molecule has 0 aliphatic heterocycles. The summed E-state index contributed by atoms with van der Waals surface area (Å²) in [5.41, 5.74) is 0.650. The first-order valence-electron chi connectivity index (χ1n) is 7.36. The second kappa shape index (κ2) is 7.46. The molecule has 1 unspecified atom stereocenters. The molecular weight excluding hydrogens is 266 g/mol. The zero-order valence-corrected chi connectivity index (χ0v) is 13.6. The van der Waals surface area contributed by atoms with Crippen molar-refractivity contribution in [3.05, 3.63) is 29.8 Å². The fraction of sp³-hybridized carbons (Fsp3) is 0.588. The summed E-state index contributed by atoms with van der Waals surface area (Å²) in [7, 11) is 1.64. The van der Waals surface area contributed by atoms with Gasteiger partial charge in [-0.1, -0.05) is 32.0 Å². The molecular formula is C17H27NO3. The Balaban J connectivity index is 2.67. The molecule has 0 bridgehead atoms. The van der Waals surface area contributed by atoms with E-state index in [1.165, 1.54) is 0 Å². The number of hydrogen-bond acceptors (Lipinski definition) is 3. The van der Waals surface area contributed by atoms with Crippen molar-refractivity contribution in [2.75, 3.05) is 7.11 Å². The van der Waals surface area contributed by atoms with Crippen molar-refractivity contribution < 1.29 is 14.6 Å². The van der Waals surface area contributed by atoms with Crippen molar-refractivity contribution in [2.45, 2.75) is 52.2 Å². The maximum atomic E-state index is 12.0. The van der Waals surface area contributed by atoms with Gasteiger partial charge in [0.1, 0.15) is 5.75 Å². The Morgan fingerprint density at radius 1 is 1.33 bits per heavy atom. The van der Waals surface area contributed by atoms with Crippen molar-refractivity contribution in [3.8, 4) is 5.75 Å². The van der Waals surface area contributed by atoms with Crippen LogP contribution in [0.3, 0.4) is 0 Å². The standard InChI is InChI=1S/C17H27NO3/c1-12(2)14(19)10-16(20)18-17(3,4)11-13-8-6-7-9-15(13)21-5/h6-9,12,14,19H,10-11H2,1-5H3,(H,18,20). The second-order valence-electron chi connectivity index (χ2n) is 6.44. The highest BCUT2D eigenvalue weighted by molar-refractivity contribution is 5.77. The number of aliphatic hydroxyl groups excluding tert-OH is 1. The first-order valence-corrected chi connectivity index (χ1v) is 7.36. The van der Waals surface area contributed by atoms with E-state index >= 15 is 0 Å². The van der Waals surface area contributed by atoms with E-state index in [9.17, 15) is 9.90 Å². The fourth-order valence-corrected chi connectivity index (χ4v) is 2.22. The van der Waals surface area contributed by atoms with E-state index in [1.54, 1.807) is 7.11 Å². The van der Waals surface area contributed by atoms with Gasteiger partial charge in [0.15, 0.2) is 0 Å². The van der Waals surface area contributed by atoms with Crippen LogP contribution in [-0.4, -0.2) is 29.8 Å². The molecule has 2 N–H and O–H groups in total. The molecule has 0 aromatic heterocycles. The summed E-state index contributed by atoms with van der Waals surface area (Å²) in [6, 6.07) is 7.79. The average Bonchev–Trinajstić information content (AvgIpc) is 2.37. The van der Waals surface area contributed by atoms with Crippen molar-refractivity contribution in [2.24, 2.45) is 5.92 Å². The largest absolute Gasteiger partial charge is 0.496 e. The van der Waals surface area contributed by atoms with Crippen LogP contribution < -0.4 is 10.1 Å². The number of amides is 1.